The van der Waals surface area contributed by atoms with Crippen molar-refractivity contribution in [1.82, 2.24) is 19.6 Å². The van der Waals surface area contributed by atoms with Gasteiger partial charge < -0.3 is 9.73 Å². The fourth-order valence-electron chi connectivity index (χ4n) is 3.08. The van der Waals surface area contributed by atoms with Gasteiger partial charge >= 0.3 is 0 Å². The number of amides is 1. The quantitative estimate of drug-likeness (QED) is 0.515. The van der Waals surface area contributed by atoms with Gasteiger partial charge in [-0.1, -0.05) is 23.7 Å². The Morgan fingerprint density at radius 1 is 1.10 bits per heavy atom. The van der Waals surface area contributed by atoms with Crippen LogP contribution in [-0.2, 0) is 13.1 Å². The molecule has 29 heavy (non-hydrogen) atoms. The summed E-state index contributed by atoms with van der Waals surface area (Å²) in [5.74, 6) is 0.991. The van der Waals surface area contributed by atoms with E-state index in [1.54, 1.807) is 29.1 Å². The van der Waals surface area contributed by atoms with Gasteiger partial charge in [-0.25, -0.2) is 0 Å². The maximum Gasteiger partial charge on any atom is 0.292 e. The topological polar surface area (TPSA) is 77.9 Å². The van der Waals surface area contributed by atoms with E-state index in [0.29, 0.717) is 29.7 Å². The minimum atomic E-state index is -0.349. The highest BCUT2D eigenvalue weighted by Crippen LogP contribution is 2.15. The van der Waals surface area contributed by atoms with E-state index in [1.165, 1.54) is 0 Å². The molecule has 0 radical (unpaired) electrons. The van der Waals surface area contributed by atoms with Gasteiger partial charge in [-0.05, 0) is 49.7 Å². The number of halogens is 1. The zero-order chi connectivity index (χ0) is 20.4. The second-order valence-corrected chi connectivity index (χ2v) is 7.27. The Morgan fingerprint density at radius 3 is 2.72 bits per heavy atom. The lowest BCUT2D eigenvalue weighted by atomic mass is 10.2. The van der Waals surface area contributed by atoms with Gasteiger partial charge in [-0.2, -0.15) is 10.2 Å². The predicted octanol–water partition coefficient (Wildman–Crippen LogP) is 4.29. The molecule has 1 aromatic carbocycles. The van der Waals surface area contributed by atoms with Gasteiger partial charge in [-0.3, -0.25) is 14.2 Å². The molecule has 8 heteroatoms. The van der Waals surface area contributed by atoms with E-state index in [1.807, 2.05) is 48.9 Å². The van der Waals surface area contributed by atoms with Crippen LogP contribution in [0, 0.1) is 13.8 Å². The summed E-state index contributed by atoms with van der Waals surface area (Å²) in [6.07, 6.45) is 1.80. The SMILES string of the molecule is Cc1cc(C)n(Cc2ccc(C(=O)Nc3ccn(Cc4cccc(Cl)c4)n3)o2)n1. The van der Waals surface area contributed by atoms with Crippen molar-refractivity contribution >= 4 is 23.3 Å². The van der Waals surface area contributed by atoms with Crippen LogP contribution in [-0.4, -0.2) is 25.5 Å². The highest BCUT2D eigenvalue weighted by Gasteiger charge is 2.14. The van der Waals surface area contributed by atoms with Gasteiger partial charge in [0, 0.05) is 23.0 Å². The highest BCUT2D eigenvalue weighted by molar-refractivity contribution is 6.30. The molecule has 0 aliphatic carbocycles. The molecule has 1 N–H and O–H groups in total. The number of carbonyl (C=O) groups is 1. The molecule has 0 bridgehead atoms. The van der Waals surface area contributed by atoms with Gasteiger partial charge in [0.15, 0.2) is 11.6 Å². The summed E-state index contributed by atoms with van der Waals surface area (Å²) in [5.41, 5.74) is 3.01. The van der Waals surface area contributed by atoms with Gasteiger partial charge in [0.1, 0.15) is 5.76 Å². The third-order valence-corrected chi connectivity index (χ3v) is 4.65. The summed E-state index contributed by atoms with van der Waals surface area (Å²) < 4.78 is 9.25. The Balaban J connectivity index is 1.39. The van der Waals surface area contributed by atoms with Crippen LogP contribution in [0.15, 0.2) is 59.1 Å². The second kappa shape index (κ2) is 7.97. The van der Waals surface area contributed by atoms with E-state index in [0.717, 1.165) is 17.0 Å². The summed E-state index contributed by atoms with van der Waals surface area (Å²) >= 11 is 6.01. The van der Waals surface area contributed by atoms with Gasteiger partial charge in [0.2, 0.25) is 0 Å². The molecular weight excluding hydrogens is 390 g/mol. The molecular formula is C21H20ClN5O2. The van der Waals surface area contributed by atoms with Crippen LogP contribution in [0.5, 0.6) is 0 Å². The molecule has 0 unspecified atom stereocenters. The second-order valence-electron chi connectivity index (χ2n) is 6.83. The summed E-state index contributed by atoms with van der Waals surface area (Å²) in [6.45, 7) is 4.96. The normalized spacial score (nSPS) is 11.0. The van der Waals surface area contributed by atoms with Crippen molar-refractivity contribution in [3.8, 4) is 0 Å². The summed E-state index contributed by atoms with van der Waals surface area (Å²) in [5, 5.41) is 12.2. The highest BCUT2D eigenvalue weighted by atomic mass is 35.5. The molecule has 4 aromatic rings. The number of benzene rings is 1. The first kappa shape index (κ1) is 19.0. The number of aryl methyl sites for hydroxylation is 2. The third kappa shape index (κ3) is 4.57. The maximum absolute atomic E-state index is 12.5. The Labute approximate surface area is 172 Å². The van der Waals surface area contributed by atoms with Crippen molar-refractivity contribution in [1.29, 1.82) is 0 Å². The summed E-state index contributed by atoms with van der Waals surface area (Å²) in [6, 6.07) is 14.7. The molecule has 0 aliphatic heterocycles. The fraction of sp³-hybridized carbons (Fsp3) is 0.190. The van der Waals surface area contributed by atoms with E-state index in [9.17, 15) is 4.79 Å². The number of furan rings is 1. The van der Waals surface area contributed by atoms with E-state index in [-0.39, 0.29) is 11.7 Å². The molecule has 0 spiro atoms. The van der Waals surface area contributed by atoms with Gasteiger partial charge in [0.25, 0.3) is 5.91 Å². The van der Waals surface area contributed by atoms with Crippen LogP contribution >= 0.6 is 11.6 Å². The van der Waals surface area contributed by atoms with Crippen LogP contribution in [0.4, 0.5) is 5.82 Å². The standard InChI is InChI=1S/C21H20ClN5O2/c1-14-10-15(2)27(24-14)13-18-6-7-19(29-18)21(28)23-20-8-9-26(25-20)12-16-4-3-5-17(22)11-16/h3-11H,12-13H2,1-2H3,(H,23,25,28). The first-order chi connectivity index (χ1) is 14.0. The third-order valence-electron chi connectivity index (χ3n) is 4.41. The van der Waals surface area contributed by atoms with E-state index < -0.39 is 0 Å². The van der Waals surface area contributed by atoms with Gasteiger partial charge in [-0.15, -0.1) is 0 Å². The van der Waals surface area contributed by atoms with Crippen molar-refractivity contribution in [3.63, 3.8) is 0 Å². The Bertz CT molecular complexity index is 1160. The monoisotopic (exact) mass is 409 g/mol. The number of nitrogens with zero attached hydrogens (tertiary/aromatic N) is 4. The maximum atomic E-state index is 12.5. The minimum Gasteiger partial charge on any atom is -0.454 e. The fourth-order valence-corrected chi connectivity index (χ4v) is 3.30. The van der Waals surface area contributed by atoms with Gasteiger partial charge in [0.05, 0.1) is 18.8 Å². The number of nitrogens with one attached hydrogen (secondary N) is 1. The zero-order valence-corrected chi connectivity index (χ0v) is 16.8. The number of hydrogen-bond acceptors (Lipinski definition) is 4. The summed E-state index contributed by atoms with van der Waals surface area (Å²) in [4.78, 5) is 12.5. The van der Waals surface area contributed by atoms with Crippen molar-refractivity contribution in [3.05, 3.63) is 88.2 Å². The zero-order valence-electron chi connectivity index (χ0n) is 16.1. The smallest absolute Gasteiger partial charge is 0.292 e. The van der Waals surface area contributed by atoms with E-state index >= 15 is 0 Å². The largest absolute Gasteiger partial charge is 0.454 e. The number of anilines is 1. The molecule has 3 heterocycles. The minimum absolute atomic E-state index is 0.228. The Morgan fingerprint density at radius 2 is 1.97 bits per heavy atom. The number of hydrogen-bond donors (Lipinski definition) is 1. The first-order valence-corrected chi connectivity index (χ1v) is 9.53. The number of rotatable bonds is 6. The lowest BCUT2D eigenvalue weighted by molar-refractivity contribution is 0.0994. The molecule has 0 saturated carbocycles. The Hall–Kier alpha value is -3.32. The first-order valence-electron chi connectivity index (χ1n) is 9.15. The van der Waals surface area contributed by atoms with Crippen LogP contribution in [0.3, 0.4) is 0 Å². The molecule has 0 aliphatic rings. The van der Waals surface area contributed by atoms with Crippen molar-refractivity contribution in [2.75, 3.05) is 5.32 Å². The molecule has 0 fully saturated rings. The molecule has 0 atom stereocenters. The molecule has 0 saturated heterocycles. The van der Waals surface area contributed by atoms with Crippen molar-refractivity contribution in [2.24, 2.45) is 0 Å². The summed E-state index contributed by atoms with van der Waals surface area (Å²) in [7, 11) is 0. The molecule has 148 valence electrons. The van der Waals surface area contributed by atoms with Crippen LogP contribution in [0.1, 0.15) is 33.3 Å². The van der Waals surface area contributed by atoms with E-state index in [4.69, 9.17) is 16.0 Å². The number of carbonyl (C=O) groups excluding carboxylic acids is 1. The molecule has 4 rings (SSSR count). The molecule has 1 amide bonds. The van der Waals surface area contributed by atoms with Crippen molar-refractivity contribution in [2.45, 2.75) is 26.9 Å². The van der Waals surface area contributed by atoms with Crippen LogP contribution < -0.4 is 5.32 Å². The lowest BCUT2D eigenvalue weighted by Gasteiger charge is -2.03. The lowest BCUT2D eigenvalue weighted by Crippen LogP contribution is -2.12. The van der Waals surface area contributed by atoms with Crippen LogP contribution in [0.25, 0.3) is 0 Å². The predicted molar refractivity (Wildman–Crippen MR) is 110 cm³/mol. The average Bonchev–Trinajstić information content (AvgIpc) is 3.37. The molecule has 7 nitrogen and oxygen atoms in total. The van der Waals surface area contributed by atoms with Crippen LogP contribution in [0.2, 0.25) is 5.02 Å². The number of aromatic nitrogens is 4. The van der Waals surface area contributed by atoms with Crippen molar-refractivity contribution < 1.29 is 9.21 Å². The molecule has 3 aromatic heterocycles. The Kier molecular flexibility index (Phi) is 5.22. The van der Waals surface area contributed by atoms with E-state index in [2.05, 4.69) is 15.5 Å². The average molecular weight is 410 g/mol.